The van der Waals surface area contributed by atoms with Gasteiger partial charge in [0.25, 0.3) is 0 Å². The number of hydrogen-bond acceptors (Lipinski definition) is 2. The Labute approximate surface area is 46.2 Å². The van der Waals surface area contributed by atoms with Crippen molar-refractivity contribution in [3.63, 3.8) is 0 Å². The summed E-state index contributed by atoms with van der Waals surface area (Å²) in [7, 11) is 0. The summed E-state index contributed by atoms with van der Waals surface area (Å²) < 4.78 is 23.1. The molecule has 0 radical (unpaired) electrons. The van der Waals surface area contributed by atoms with Crippen molar-refractivity contribution in [3.05, 3.63) is 0 Å². The van der Waals surface area contributed by atoms with Crippen molar-refractivity contribution in [1.29, 1.82) is 0 Å². The molecule has 1 fully saturated rings. The van der Waals surface area contributed by atoms with E-state index in [4.69, 9.17) is 5.84 Å². The van der Waals surface area contributed by atoms with Crippen LogP contribution < -0.4 is 5.84 Å². The Hall–Kier alpha value is -0.220. The van der Waals surface area contributed by atoms with Crippen LogP contribution in [0.2, 0.25) is 0 Å². The molecular formula is C4H8F2N2. The van der Waals surface area contributed by atoms with Crippen molar-refractivity contribution in [2.75, 3.05) is 13.1 Å². The Bertz CT molecular complexity index is 80.1. The van der Waals surface area contributed by atoms with Crippen LogP contribution in [0.1, 0.15) is 0 Å². The molecule has 1 aliphatic rings. The van der Waals surface area contributed by atoms with Crippen molar-refractivity contribution in [3.8, 4) is 0 Å². The van der Waals surface area contributed by atoms with Crippen LogP contribution in [0.25, 0.3) is 0 Å². The maximum absolute atomic E-state index is 11.6. The summed E-state index contributed by atoms with van der Waals surface area (Å²) in [5, 5.41) is 1.39. The largest absolute Gasteiger partial charge is 0.269 e. The second-order valence-corrected chi connectivity index (χ2v) is 2.05. The zero-order valence-electron chi connectivity index (χ0n) is 4.35. The summed E-state index contributed by atoms with van der Waals surface area (Å²) >= 11 is 0. The van der Waals surface area contributed by atoms with Crippen molar-refractivity contribution in [2.45, 2.75) is 6.43 Å². The van der Waals surface area contributed by atoms with Crippen LogP contribution in [-0.2, 0) is 0 Å². The smallest absolute Gasteiger partial charge is 0.243 e. The Morgan fingerprint density at radius 1 is 1.50 bits per heavy atom. The molecule has 0 unspecified atom stereocenters. The maximum atomic E-state index is 11.6. The summed E-state index contributed by atoms with van der Waals surface area (Å²) in [4.78, 5) is 0. The van der Waals surface area contributed by atoms with Gasteiger partial charge in [-0.25, -0.2) is 13.8 Å². The van der Waals surface area contributed by atoms with Gasteiger partial charge in [-0.05, 0) is 0 Å². The molecule has 8 heavy (non-hydrogen) atoms. The summed E-state index contributed by atoms with van der Waals surface area (Å²) in [5.41, 5.74) is 0. The molecule has 0 spiro atoms. The van der Waals surface area contributed by atoms with Crippen molar-refractivity contribution >= 4 is 0 Å². The highest BCUT2D eigenvalue weighted by Crippen LogP contribution is 2.18. The van der Waals surface area contributed by atoms with Gasteiger partial charge in [-0.1, -0.05) is 0 Å². The molecule has 1 heterocycles. The quantitative estimate of drug-likeness (QED) is 0.498. The first-order valence-corrected chi connectivity index (χ1v) is 2.48. The molecule has 48 valence electrons. The average Bonchev–Trinajstić information content (AvgIpc) is 1.57. The Morgan fingerprint density at radius 2 is 2.00 bits per heavy atom. The minimum atomic E-state index is -2.19. The zero-order valence-corrected chi connectivity index (χ0v) is 4.35. The standard InChI is InChI=1S/C4H8F2N2/c5-4(6)3-1-8(7)2-3/h3-4H,1-2,7H2. The summed E-state index contributed by atoms with van der Waals surface area (Å²) in [6.07, 6.45) is -2.19. The van der Waals surface area contributed by atoms with Gasteiger partial charge in [0.2, 0.25) is 6.43 Å². The van der Waals surface area contributed by atoms with E-state index in [2.05, 4.69) is 0 Å². The second kappa shape index (κ2) is 1.95. The summed E-state index contributed by atoms with van der Waals surface area (Å²) in [6.45, 7) is 0.690. The van der Waals surface area contributed by atoms with Gasteiger partial charge in [0, 0.05) is 19.0 Å². The van der Waals surface area contributed by atoms with Crippen LogP contribution in [0.15, 0.2) is 0 Å². The third-order valence-electron chi connectivity index (χ3n) is 1.29. The highest BCUT2D eigenvalue weighted by molar-refractivity contribution is 4.76. The Balaban J connectivity index is 2.15. The van der Waals surface area contributed by atoms with Crippen LogP contribution in [0.3, 0.4) is 0 Å². The van der Waals surface area contributed by atoms with Crippen LogP contribution in [0.4, 0.5) is 8.78 Å². The van der Waals surface area contributed by atoms with E-state index < -0.39 is 12.3 Å². The van der Waals surface area contributed by atoms with Gasteiger partial charge in [-0.15, -0.1) is 0 Å². The third kappa shape index (κ3) is 0.952. The highest BCUT2D eigenvalue weighted by Gasteiger charge is 2.31. The Kier molecular flexibility index (Phi) is 1.44. The second-order valence-electron chi connectivity index (χ2n) is 2.05. The van der Waals surface area contributed by atoms with Crippen LogP contribution in [-0.4, -0.2) is 24.5 Å². The van der Waals surface area contributed by atoms with Gasteiger partial charge in [0.05, 0.1) is 0 Å². The number of alkyl halides is 2. The van der Waals surface area contributed by atoms with E-state index in [0.29, 0.717) is 13.1 Å². The van der Waals surface area contributed by atoms with Gasteiger partial charge in [0.1, 0.15) is 0 Å². The number of nitrogens with two attached hydrogens (primary N) is 1. The zero-order chi connectivity index (χ0) is 6.15. The molecule has 0 bridgehead atoms. The average molecular weight is 122 g/mol. The molecular weight excluding hydrogens is 114 g/mol. The van der Waals surface area contributed by atoms with Crippen molar-refractivity contribution in [1.82, 2.24) is 5.01 Å². The van der Waals surface area contributed by atoms with Crippen molar-refractivity contribution in [2.24, 2.45) is 11.8 Å². The van der Waals surface area contributed by atoms with E-state index in [1.165, 1.54) is 5.01 Å². The molecule has 0 atom stereocenters. The van der Waals surface area contributed by atoms with Crippen LogP contribution >= 0.6 is 0 Å². The first-order chi connectivity index (χ1) is 3.70. The predicted molar refractivity (Wildman–Crippen MR) is 25.3 cm³/mol. The van der Waals surface area contributed by atoms with Crippen LogP contribution in [0, 0.1) is 5.92 Å². The lowest BCUT2D eigenvalue weighted by Gasteiger charge is -2.34. The number of hydrogen-bond donors (Lipinski definition) is 1. The molecule has 1 saturated heterocycles. The van der Waals surface area contributed by atoms with Gasteiger partial charge in [0.15, 0.2) is 0 Å². The van der Waals surface area contributed by atoms with Crippen LogP contribution in [0.5, 0.6) is 0 Å². The maximum Gasteiger partial charge on any atom is 0.243 e. The van der Waals surface area contributed by atoms with E-state index in [9.17, 15) is 8.78 Å². The topological polar surface area (TPSA) is 29.3 Å². The fraction of sp³-hybridized carbons (Fsp3) is 1.00. The lowest BCUT2D eigenvalue weighted by atomic mass is 10.0. The molecule has 0 saturated carbocycles. The van der Waals surface area contributed by atoms with E-state index in [0.717, 1.165) is 0 Å². The third-order valence-corrected chi connectivity index (χ3v) is 1.29. The molecule has 2 nitrogen and oxygen atoms in total. The van der Waals surface area contributed by atoms with Gasteiger partial charge < -0.3 is 0 Å². The van der Waals surface area contributed by atoms with E-state index >= 15 is 0 Å². The van der Waals surface area contributed by atoms with Crippen molar-refractivity contribution < 1.29 is 8.78 Å². The number of hydrazine groups is 1. The molecule has 4 heteroatoms. The van der Waals surface area contributed by atoms with E-state index in [1.54, 1.807) is 0 Å². The fourth-order valence-electron chi connectivity index (χ4n) is 0.708. The Morgan fingerprint density at radius 3 is 2.12 bits per heavy atom. The van der Waals surface area contributed by atoms with E-state index in [1.807, 2.05) is 0 Å². The number of rotatable bonds is 1. The first kappa shape index (κ1) is 5.91. The minimum absolute atomic E-state index is 0.345. The molecule has 1 rings (SSSR count). The fourth-order valence-corrected chi connectivity index (χ4v) is 0.708. The first-order valence-electron chi connectivity index (χ1n) is 2.48. The van der Waals surface area contributed by atoms with Gasteiger partial charge in [-0.3, -0.25) is 5.84 Å². The number of nitrogens with zero attached hydrogens (tertiary/aromatic N) is 1. The lowest BCUT2D eigenvalue weighted by Crippen LogP contribution is -2.53. The molecule has 1 aliphatic heterocycles. The molecule has 2 N–H and O–H groups in total. The molecule has 0 aromatic carbocycles. The summed E-state index contributed by atoms with van der Waals surface area (Å²) in [5.74, 6) is 4.63. The SMILES string of the molecule is NN1CC(C(F)F)C1. The molecule has 0 amide bonds. The number of halogens is 2. The summed E-state index contributed by atoms with van der Waals surface area (Å²) in [6, 6.07) is 0. The van der Waals surface area contributed by atoms with Gasteiger partial charge >= 0.3 is 0 Å². The lowest BCUT2D eigenvalue weighted by molar-refractivity contribution is -0.0245. The predicted octanol–water partition coefficient (Wildman–Crippen LogP) is 0.0570. The highest BCUT2D eigenvalue weighted by atomic mass is 19.3. The minimum Gasteiger partial charge on any atom is -0.269 e. The van der Waals surface area contributed by atoms with Gasteiger partial charge in [-0.2, -0.15) is 0 Å². The molecule has 0 aromatic heterocycles. The monoisotopic (exact) mass is 122 g/mol. The molecule has 0 aliphatic carbocycles. The van der Waals surface area contributed by atoms with E-state index in [-0.39, 0.29) is 0 Å². The molecule has 0 aromatic rings. The normalized spacial score (nSPS) is 24.0.